The summed E-state index contributed by atoms with van der Waals surface area (Å²) in [7, 11) is 0. The van der Waals surface area contributed by atoms with E-state index in [0.717, 1.165) is 11.1 Å². The number of para-hydroxylation sites is 1. The Morgan fingerprint density at radius 3 is 2.50 bits per heavy atom. The molecular weight excluding hydrogens is 472 g/mol. The van der Waals surface area contributed by atoms with Gasteiger partial charge in [0, 0.05) is 39.9 Å². The van der Waals surface area contributed by atoms with Gasteiger partial charge in [0.05, 0.1) is 23.3 Å². The van der Waals surface area contributed by atoms with Gasteiger partial charge in [-0.3, -0.25) is 9.78 Å². The number of hydrogen-bond donors (Lipinski definition) is 3. The second-order valence-corrected chi connectivity index (χ2v) is 9.86. The predicted octanol–water partition coefficient (Wildman–Crippen LogP) is 6.49. The highest BCUT2D eigenvalue weighted by Gasteiger charge is 2.18. The Hall–Kier alpha value is -4.16. The molecule has 0 unspecified atom stereocenters. The van der Waals surface area contributed by atoms with Gasteiger partial charge in [-0.25, -0.2) is 0 Å². The van der Waals surface area contributed by atoms with Crippen LogP contribution in [0.15, 0.2) is 79.0 Å². The number of hydrogen-bond acceptors (Lipinski definition) is 4. The summed E-state index contributed by atoms with van der Waals surface area (Å²) < 4.78 is 2.38. The molecule has 6 heteroatoms. The number of amides is 1. The van der Waals surface area contributed by atoms with Crippen LogP contribution in [0.25, 0.3) is 38.6 Å². The third-order valence-electron chi connectivity index (χ3n) is 7.44. The van der Waals surface area contributed by atoms with E-state index in [9.17, 15) is 5.11 Å². The Kier molecular flexibility index (Phi) is 7.70. The van der Waals surface area contributed by atoms with E-state index in [1.165, 1.54) is 70.8 Å². The number of carbonyl (C=O) groups is 1. The molecule has 4 N–H and O–H groups in total. The average Bonchev–Trinajstić information content (AvgIpc) is 3.30. The first-order chi connectivity index (χ1) is 18.6. The lowest BCUT2D eigenvalue weighted by atomic mass is 9.95. The van der Waals surface area contributed by atoms with E-state index in [4.69, 9.17) is 4.79 Å². The molecule has 0 atom stereocenters. The maximum absolute atomic E-state index is 9.42. The predicted molar refractivity (Wildman–Crippen MR) is 155 cm³/mol. The van der Waals surface area contributed by atoms with Gasteiger partial charge in [-0.1, -0.05) is 61.7 Å². The van der Waals surface area contributed by atoms with E-state index in [-0.39, 0.29) is 13.0 Å². The summed E-state index contributed by atoms with van der Waals surface area (Å²) in [5, 5.41) is 15.7. The van der Waals surface area contributed by atoms with Crippen LogP contribution >= 0.6 is 0 Å². The smallest absolute Gasteiger partial charge is 0.204 e. The highest BCUT2D eigenvalue weighted by atomic mass is 16.3. The third-order valence-corrected chi connectivity index (χ3v) is 7.44. The van der Waals surface area contributed by atoms with Crippen molar-refractivity contribution in [3.63, 3.8) is 0 Å². The van der Waals surface area contributed by atoms with Gasteiger partial charge in [0.15, 0.2) is 0 Å². The van der Waals surface area contributed by atoms with Crippen LogP contribution in [-0.4, -0.2) is 27.1 Å². The van der Waals surface area contributed by atoms with Crippen molar-refractivity contribution in [2.45, 2.75) is 51.7 Å². The van der Waals surface area contributed by atoms with E-state index < -0.39 is 0 Å². The molecule has 5 aromatic rings. The first kappa shape index (κ1) is 25.5. The van der Waals surface area contributed by atoms with Crippen molar-refractivity contribution in [2.24, 2.45) is 5.73 Å². The van der Waals surface area contributed by atoms with Crippen molar-refractivity contribution in [3.05, 3.63) is 90.3 Å². The van der Waals surface area contributed by atoms with Gasteiger partial charge < -0.3 is 20.7 Å². The molecule has 2 aromatic heterocycles. The number of pyridine rings is 1. The number of anilines is 1. The van der Waals surface area contributed by atoms with Gasteiger partial charge in [0.1, 0.15) is 0 Å². The lowest BCUT2D eigenvalue weighted by molar-refractivity contribution is -0.106. The third kappa shape index (κ3) is 5.00. The van der Waals surface area contributed by atoms with Gasteiger partial charge in [0.25, 0.3) is 0 Å². The zero-order chi connectivity index (χ0) is 26.5. The lowest BCUT2D eigenvalue weighted by Gasteiger charge is -2.25. The molecule has 0 bridgehead atoms. The van der Waals surface area contributed by atoms with Crippen LogP contribution in [0.2, 0.25) is 0 Å². The summed E-state index contributed by atoms with van der Waals surface area (Å²) in [6.07, 6.45) is 8.63. The molecule has 1 aliphatic carbocycles. The van der Waals surface area contributed by atoms with Gasteiger partial charge in [-0.15, -0.1) is 0 Å². The number of aryl methyl sites for hydroxylation is 1. The fourth-order valence-corrected chi connectivity index (χ4v) is 5.59. The fourth-order valence-electron chi connectivity index (χ4n) is 5.59. The second-order valence-electron chi connectivity index (χ2n) is 9.86. The Morgan fingerprint density at radius 2 is 1.76 bits per heavy atom. The number of fused-ring (bicyclic) bond motifs is 3. The molecule has 1 fully saturated rings. The van der Waals surface area contributed by atoms with Crippen LogP contribution in [0, 0.1) is 6.92 Å². The summed E-state index contributed by atoms with van der Waals surface area (Å²) in [5.74, 6) is 0. The van der Waals surface area contributed by atoms with Crippen molar-refractivity contribution in [1.29, 1.82) is 0 Å². The summed E-state index contributed by atoms with van der Waals surface area (Å²) in [5.41, 5.74) is 13.1. The zero-order valence-electron chi connectivity index (χ0n) is 21.7. The molecule has 6 nitrogen and oxygen atoms in total. The molecule has 1 saturated carbocycles. The first-order valence-electron chi connectivity index (χ1n) is 13.3. The number of aliphatic hydroxyl groups excluding tert-OH is 1. The van der Waals surface area contributed by atoms with Crippen molar-refractivity contribution in [2.75, 3.05) is 5.32 Å². The molecular formula is C32H34N4O2. The lowest BCUT2D eigenvalue weighted by Crippen LogP contribution is -2.22. The normalized spacial score (nSPS) is 13.7. The highest BCUT2D eigenvalue weighted by Crippen LogP contribution is 2.39. The Labute approximate surface area is 223 Å². The standard InChI is InChI=1S/C31H31N3O.CH3NO/c1-21-14-17-25(18-28(21)33-23-8-3-2-4-9-23)34-29-12-6-5-10-27(29)31-26(11-7-13-30(31)34)22-15-16-24(20-35)32-19-22;2-1-3/h5-7,10-19,23,33,35H,2-4,8-9,20H2,1H3;1H,(H2,2,3). The largest absolute Gasteiger partial charge is 0.390 e. The summed E-state index contributed by atoms with van der Waals surface area (Å²) >= 11 is 0. The van der Waals surface area contributed by atoms with Gasteiger partial charge >= 0.3 is 0 Å². The molecule has 0 radical (unpaired) electrons. The van der Waals surface area contributed by atoms with E-state index in [0.29, 0.717) is 11.7 Å². The number of nitrogens with zero attached hydrogens (tertiary/aromatic N) is 2. The number of nitrogens with one attached hydrogen (secondary N) is 1. The van der Waals surface area contributed by atoms with Gasteiger partial charge in [0.2, 0.25) is 6.41 Å². The van der Waals surface area contributed by atoms with E-state index in [2.05, 4.69) is 94.3 Å². The highest BCUT2D eigenvalue weighted by molar-refractivity contribution is 6.15. The summed E-state index contributed by atoms with van der Waals surface area (Å²) in [4.78, 5) is 13.0. The quantitative estimate of drug-likeness (QED) is 0.238. The minimum absolute atomic E-state index is 0.0472. The number of carbonyl (C=O) groups excluding carboxylic acids is 1. The topological polar surface area (TPSA) is 93.2 Å². The van der Waals surface area contributed by atoms with Crippen LogP contribution in [0.1, 0.15) is 43.4 Å². The Bertz CT molecular complexity index is 1550. The Balaban J connectivity index is 0.000000937. The number of rotatable bonds is 5. The average molecular weight is 507 g/mol. The van der Waals surface area contributed by atoms with E-state index >= 15 is 0 Å². The first-order valence-corrected chi connectivity index (χ1v) is 13.3. The molecule has 3 aromatic carbocycles. The number of primary amides is 1. The number of nitrogens with two attached hydrogens (primary N) is 1. The Morgan fingerprint density at radius 1 is 1.00 bits per heavy atom. The zero-order valence-corrected chi connectivity index (χ0v) is 21.7. The fraction of sp³-hybridized carbons (Fsp3) is 0.250. The maximum atomic E-state index is 9.42. The van der Waals surface area contributed by atoms with Crippen LogP contribution in [0.3, 0.4) is 0 Å². The van der Waals surface area contributed by atoms with Crippen LogP contribution in [0.5, 0.6) is 0 Å². The van der Waals surface area contributed by atoms with Crippen molar-refractivity contribution < 1.29 is 9.90 Å². The molecule has 0 aliphatic heterocycles. The second kappa shape index (κ2) is 11.5. The van der Waals surface area contributed by atoms with Crippen LogP contribution in [0.4, 0.5) is 5.69 Å². The molecule has 38 heavy (non-hydrogen) atoms. The number of benzene rings is 3. The van der Waals surface area contributed by atoms with Crippen LogP contribution in [-0.2, 0) is 11.4 Å². The summed E-state index contributed by atoms with van der Waals surface area (Å²) in [6, 6.07) is 26.5. The van der Waals surface area contributed by atoms with E-state index in [1.54, 1.807) is 0 Å². The molecule has 2 heterocycles. The molecule has 6 rings (SSSR count). The van der Waals surface area contributed by atoms with Crippen molar-refractivity contribution >= 4 is 33.9 Å². The van der Waals surface area contributed by atoms with Crippen LogP contribution < -0.4 is 11.1 Å². The monoisotopic (exact) mass is 506 g/mol. The van der Waals surface area contributed by atoms with E-state index in [1.807, 2.05) is 12.3 Å². The minimum atomic E-state index is -0.0472. The molecule has 0 spiro atoms. The maximum Gasteiger partial charge on any atom is 0.204 e. The molecule has 0 saturated heterocycles. The number of aliphatic hydroxyl groups is 1. The molecule has 1 amide bonds. The van der Waals surface area contributed by atoms with Gasteiger partial charge in [-0.05, 0) is 61.2 Å². The SMILES string of the molecule is Cc1ccc(-n2c3ccccc3c3c(-c4ccc(CO)nc4)cccc32)cc1NC1CCCCC1.NC=O. The number of aromatic nitrogens is 2. The van der Waals surface area contributed by atoms with Gasteiger partial charge in [-0.2, -0.15) is 0 Å². The molecule has 1 aliphatic rings. The summed E-state index contributed by atoms with van der Waals surface area (Å²) in [6.45, 7) is 2.15. The van der Waals surface area contributed by atoms with Crippen molar-refractivity contribution in [3.8, 4) is 16.8 Å². The van der Waals surface area contributed by atoms with Crippen molar-refractivity contribution in [1.82, 2.24) is 9.55 Å². The minimum Gasteiger partial charge on any atom is -0.390 e. The molecule has 194 valence electrons.